The summed E-state index contributed by atoms with van der Waals surface area (Å²) in [6, 6.07) is 0. The highest BCUT2D eigenvalue weighted by Crippen LogP contribution is 2.52. The molecule has 1 N–H and O–H groups in total. The van der Waals surface area contributed by atoms with Crippen LogP contribution in [0.1, 0.15) is 80.1 Å². The molecular formula is C21H41BO. The Morgan fingerprint density at radius 3 is 1.57 bits per heavy atom. The molecule has 0 amide bonds. The zero-order chi connectivity index (χ0) is 17.4. The van der Waals surface area contributed by atoms with Crippen molar-refractivity contribution in [1.82, 2.24) is 0 Å². The smallest absolute Gasteiger partial charge is 0.101 e. The van der Waals surface area contributed by atoms with Crippen molar-refractivity contribution >= 4 is 7.85 Å². The zero-order valence-electron chi connectivity index (χ0n) is 16.9. The van der Waals surface area contributed by atoms with Crippen LogP contribution in [-0.4, -0.2) is 19.1 Å². The lowest BCUT2D eigenvalue weighted by atomic mass is 9.55. The van der Waals surface area contributed by atoms with Crippen LogP contribution in [0.4, 0.5) is 0 Å². The van der Waals surface area contributed by atoms with Gasteiger partial charge in [-0.3, -0.25) is 0 Å². The van der Waals surface area contributed by atoms with E-state index in [4.69, 9.17) is 0 Å². The van der Waals surface area contributed by atoms with Gasteiger partial charge in [-0.15, -0.1) is 0 Å². The predicted molar refractivity (Wildman–Crippen MR) is 103 cm³/mol. The summed E-state index contributed by atoms with van der Waals surface area (Å²) in [5.41, 5.74) is 0.421. The van der Waals surface area contributed by atoms with E-state index in [-0.39, 0.29) is 16.9 Å². The van der Waals surface area contributed by atoms with Crippen molar-refractivity contribution < 1.29 is 5.11 Å². The first kappa shape index (κ1) is 19.4. The van der Waals surface area contributed by atoms with E-state index in [0.717, 1.165) is 17.8 Å². The third kappa shape index (κ3) is 4.56. The van der Waals surface area contributed by atoms with Gasteiger partial charge in [0.2, 0.25) is 0 Å². The highest BCUT2D eigenvalue weighted by molar-refractivity contribution is 6.08. The summed E-state index contributed by atoms with van der Waals surface area (Å²) >= 11 is 0. The van der Waals surface area contributed by atoms with Gasteiger partial charge >= 0.3 is 0 Å². The summed E-state index contributed by atoms with van der Waals surface area (Å²) in [6.45, 7) is 14.0. The minimum Gasteiger partial charge on any atom is -0.393 e. The van der Waals surface area contributed by atoms with Crippen molar-refractivity contribution in [1.29, 1.82) is 0 Å². The van der Waals surface area contributed by atoms with Gasteiger partial charge in [-0.25, -0.2) is 0 Å². The van der Waals surface area contributed by atoms with Crippen molar-refractivity contribution in [2.24, 2.45) is 40.4 Å². The Balaban J connectivity index is 2.14. The predicted octanol–water partition coefficient (Wildman–Crippen LogP) is 4.94. The summed E-state index contributed by atoms with van der Waals surface area (Å²) in [5.74, 6) is 3.64. The first-order valence-corrected chi connectivity index (χ1v) is 10.2. The molecule has 2 fully saturated rings. The van der Waals surface area contributed by atoms with Gasteiger partial charge in [-0.1, -0.05) is 60.7 Å². The molecule has 0 heterocycles. The lowest BCUT2D eigenvalue weighted by Crippen LogP contribution is -2.49. The maximum Gasteiger partial charge on any atom is 0.101 e. The molecule has 2 aliphatic rings. The van der Waals surface area contributed by atoms with E-state index < -0.39 is 0 Å². The quantitative estimate of drug-likeness (QED) is 0.715. The van der Waals surface area contributed by atoms with Gasteiger partial charge in [-0.2, -0.15) is 0 Å². The van der Waals surface area contributed by atoms with Gasteiger partial charge in [0, 0.05) is 0 Å². The van der Waals surface area contributed by atoms with Gasteiger partial charge in [-0.05, 0) is 66.1 Å². The first-order chi connectivity index (χ1) is 10.5. The van der Waals surface area contributed by atoms with Gasteiger partial charge in [0.05, 0.1) is 6.10 Å². The van der Waals surface area contributed by atoms with Gasteiger partial charge < -0.3 is 5.11 Å². The fourth-order valence-electron chi connectivity index (χ4n) is 5.49. The SMILES string of the molecule is BCC1CCC(C2CC(C(C)(C)C)C(O)C(C(C)(C)C)C2)CC1. The summed E-state index contributed by atoms with van der Waals surface area (Å²) in [4.78, 5) is 0. The highest BCUT2D eigenvalue weighted by Gasteiger charge is 2.47. The first-order valence-electron chi connectivity index (χ1n) is 10.2. The Morgan fingerprint density at radius 1 is 0.783 bits per heavy atom. The number of hydrogen-bond donors (Lipinski definition) is 1. The maximum absolute atomic E-state index is 11.1. The molecule has 2 saturated carbocycles. The molecule has 2 heteroatoms. The Hall–Kier alpha value is 0.0249. The number of aliphatic hydroxyl groups is 1. The van der Waals surface area contributed by atoms with Crippen LogP contribution < -0.4 is 0 Å². The Labute approximate surface area is 146 Å². The van der Waals surface area contributed by atoms with Crippen LogP contribution in [0.3, 0.4) is 0 Å². The van der Waals surface area contributed by atoms with Crippen LogP contribution in [0.2, 0.25) is 6.32 Å². The van der Waals surface area contributed by atoms with Crippen LogP contribution in [0.25, 0.3) is 0 Å². The van der Waals surface area contributed by atoms with E-state index in [9.17, 15) is 5.11 Å². The third-order valence-corrected chi connectivity index (χ3v) is 7.30. The van der Waals surface area contributed by atoms with Crippen LogP contribution >= 0.6 is 0 Å². The third-order valence-electron chi connectivity index (χ3n) is 7.30. The molecule has 0 radical (unpaired) electrons. The zero-order valence-corrected chi connectivity index (χ0v) is 16.9. The van der Waals surface area contributed by atoms with E-state index in [1.54, 1.807) is 0 Å². The van der Waals surface area contributed by atoms with E-state index in [2.05, 4.69) is 49.4 Å². The molecule has 0 aromatic heterocycles. The summed E-state index contributed by atoms with van der Waals surface area (Å²) in [5, 5.41) is 11.1. The van der Waals surface area contributed by atoms with E-state index in [1.807, 2.05) is 0 Å². The molecule has 23 heavy (non-hydrogen) atoms. The molecule has 2 aliphatic carbocycles. The fraction of sp³-hybridized carbons (Fsp3) is 1.00. The molecular weight excluding hydrogens is 279 g/mol. The molecule has 0 bridgehead atoms. The average molecular weight is 320 g/mol. The van der Waals surface area contributed by atoms with E-state index in [1.165, 1.54) is 44.8 Å². The molecule has 2 rings (SSSR count). The largest absolute Gasteiger partial charge is 0.393 e. The average Bonchev–Trinajstić information content (AvgIpc) is 2.45. The van der Waals surface area contributed by atoms with Crippen molar-refractivity contribution in [2.45, 2.75) is 92.5 Å². The molecule has 134 valence electrons. The van der Waals surface area contributed by atoms with E-state index in [0.29, 0.717) is 11.8 Å². The molecule has 0 aromatic carbocycles. The van der Waals surface area contributed by atoms with E-state index >= 15 is 0 Å². The van der Waals surface area contributed by atoms with Crippen molar-refractivity contribution in [3.05, 3.63) is 0 Å². The van der Waals surface area contributed by atoms with Crippen molar-refractivity contribution in [2.75, 3.05) is 0 Å². The monoisotopic (exact) mass is 320 g/mol. The fourth-order valence-corrected chi connectivity index (χ4v) is 5.49. The number of aliphatic hydroxyl groups excluding tert-OH is 1. The normalized spacial score (nSPS) is 40.1. The number of hydrogen-bond acceptors (Lipinski definition) is 1. The molecule has 0 aromatic rings. The molecule has 0 aliphatic heterocycles. The summed E-state index contributed by atoms with van der Waals surface area (Å²) < 4.78 is 0. The van der Waals surface area contributed by atoms with Crippen LogP contribution in [0, 0.1) is 40.4 Å². The standard InChI is InChI=1S/C21H41BO/c1-20(2,3)17-11-16(12-18(19(17)23)21(4,5)6)15-9-7-14(13-22)8-10-15/h14-19,23H,7-13,22H2,1-6H3. The minimum absolute atomic E-state index is 0.127. The van der Waals surface area contributed by atoms with Crippen LogP contribution in [0.5, 0.6) is 0 Å². The van der Waals surface area contributed by atoms with Gasteiger partial charge in [0.1, 0.15) is 7.85 Å². The second-order valence-electron chi connectivity index (χ2n) is 10.9. The van der Waals surface area contributed by atoms with Gasteiger partial charge in [0.15, 0.2) is 0 Å². The van der Waals surface area contributed by atoms with Crippen LogP contribution in [0.15, 0.2) is 0 Å². The number of rotatable bonds is 2. The van der Waals surface area contributed by atoms with Gasteiger partial charge in [0.25, 0.3) is 0 Å². The Bertz CT molecular complexity index is 346. The minimum atomic E-state index is -0.127. The Kier molecular flexibility index (Phi) is 5.98. The summed E-state index contributed by atoms with van der Waals surface area (Å²) in [6.07, 6.45) is 9.50. The topological polar surface area (TPSA) is 20.2 Å². The lowest BCUT2D eigenvalue weighted by molar-refractivity contribution is -0.0946. The summed E-state index contributed by atoms with van der Waals surface area (Å²) in [7, 11) is 2.35. The maximum atomic E-state index is 11.1. The molecule has 0 spiro atoms. The second-order valence-corrected chi connectivity index (χ2v) is 10.9. The molecule has 2 atom stereocenters. The lowest BCUT2D eigenvalue weighted by Gasteiger charge is -2.51. The Morgan fingerprint density at radius 2 is 1.22 bits per heavy atom. The second kappa shape index (κ2) is 7.10. The molecule has 0 saturated heterocycles. The van der Waals surface area contributed by atoms with Crippen molar-refractivity contribution in [3.8, 4) is 0 Å². The van der Waals surface area contributed by atoms with Crippen LogP contribution in [-0.2, 0) is 0 Å². The van der Waals surface area contributed by atoms with Crippen molar-refractivity contribution in [3.63, 3.8) is 0 Å². The molecule has 2 unspecified atom stereocenters. The highest BCUT2D eigenvalue weighted by atomic mass is 16.3. The molecule has 1 nitrogen and oxygen atoms in total.